The summed E-state index contributed by atoms with van der Waals surface area (Å²) in [5, 5.41) is 0. The number of hydrogen-bond donors (Lipinski definition) is 0. The lowest BCUT2D eigenvalue weighted by Crippen LogP contribution is -2.40. The van der Waals surface area contributed by atoms with Gasteiger partial charge in [-0.1, -0.05) is 12.1 Å². The number of rotatable bonds is 5. The van der Waals surface area contributed by atoms with Crippen LogP contribution in [0.3, 0.4) is 0 Å². The Morgan fingerprint density at radius 2 is 2.00 bits per heavy atom. The van der Waals surface area contributed by atoms with E-state index in [0.717, 1.165) is 11.1 Å². The number of fused-ring (bicyclic) bond motifs is 1. The quantitative estimate of drug-likeness (QED) is 0.829. The predicted molar refractivity (Wildman–Crippen MR) is 77.1 cm³/mol. The lowest BCUT2D eigenvalue weighted by Gasteiger charge is -2.24. The molecule has 2 rings (SSSR count). The van der Waals surface area contributed by atoms with E-state index >= 15 is 0 Å². The van der Waals surface area contributed by atoms with Crippen LogP contribution < -0.4 is 4.74 Å². The minimum atomic E-state index is -0.530. The van der Waals surface area contributed by atoms with Gasteiger partial charge in [0.15, 0.2) is 11.9 Å². The Bertz CT molecular complexity index is 520. The van der Waals surface area contributed by atoms with Gasteiger partial charge in [-0.25, -0.2) is 0 Å². The van der Waals surface area contributed by atoms with Crippen LogP contribution in [0.5, 0.6) is 5.75 Å². The first-order valence-corrected chi connectivity index (χ1v) is 7.19. The molecule has 0 aliphatic heterocycles. The Labute approximate surface area is 119 Å². The van der Waals surface area contributed by atoms with Gasteiger partial charge in [0.2, 0.25) is 0 Å². The molecule has 20 heavy (non-hydrogen) atoms. The fourth-order valence-corrected chi connectivity index (χ4v) is 2.60. The zero-order chi connectivity index (χ0) is 14.7. The van der Waals surface area contributed by atoms with E-state index in [0.29, 0.717) is 31.7 Å². The van der Waals surface area contributed by atoms with Crippen molar-refractivity contribution in [2.45, 2.75) is 39.7 Å². The largest absolute Gasteiger partial charge is 0.481 e. The number of likely N-dealkylation sites (N-methyl/N-ethyl adjacent to an activating group) is 1. The minimum absolute atomic E-state index is 0.0167. The Kier molecular flexibility index (Phi) is 4.42. The standard InChI is InChI=1S/C16H21NO3/c1-4-17(5-2)16(19)11(3)20-15-8-6-7-12-13(15)9-10-14(12)18/h6-8,11H,4-5,9-10H2,1-3H3. The van der Waals surface area contributed by atoms with Crippen molar-refractivity contribution < 1.29 is 14.3 Å². The smallest absolute Gasteiger partial charge is 0.263 e. The average Bonchev–Trinajstić information content (AvgIpc) is 2.83. The first-order chi connectivity index (χ1) is 9.58. The van der Waals surface area contributed by atoms with E-state index in [1.54, 1.807) is 11.8 Å². The maximum absolute atomic E-state index is 12.2. The molecule has 1 aromatic rings. The van der Waals surface area contributed by atoms with Gasteiger partial charge in [-0.3, -0.25) is 9.59 Å². The molecule has 0 N–H and O–H groups in total. The van der Waals surface area contributed by atoms with Crippen LogP contribution in [0.2, 0.25) is 0 Å². The molecule has 108 valence electrons. The molecular weight excluding hydrogens is 254 g/mol. The van der Waals surface area contributed by atoms with Crippen molar-refractivity contribution in [2.24, 2.45) is 0 Å². The highest BCUT2D eigenvalue weighted by atomic mass is 16.5. The fourth-order valence-electron chi connectivity index (χ4n) is 2.60. The third-order valence-electron chi connectivity index (χ3n) is 3.76. The Morgan fingerprint density at radius 1 is 1.30 bits per heavy atom. The molecule has 0 bridgehead atoms. The molecule has 0 saturated heterocycles. The van der Waals surface area contributed by atoms with Gasteiger partial charge in [0, 0.05) is 30.6 Å². The van der Waals surface area contributed by atoms with Gasteiger partial charge in [0.1, 0.15) is 5.75 Å². The van der Waals surface area contributed by atoms with Gasteiger partial charge in [-0.2, -0.15) is 0 Å². The van der Waals surface area contributed by atoms with E-state index < -0.39 is 6.10 Å². The molecule has 0 heterocycles. The summed E-state index contributed by atoms with van der Waals surface area (Å²) in [6.07, 6.45) is 0.710. The van der Waals surface area contributed by atoms with Crippen LogP contribution in [0.1, 0.15) is 43.1 Å². The van der Waals surface area contributed by atoms with E-state index in [4.69, 9.17) is 4.74 Å². The highest BCUT2D eigenvalue weighted by Crippen LogP contribution is 2.31. The molecule has 0 aromatic heterocycles. The van der Waals surface area contributed by atoms with Gasteiger partial charge in [0.05, 0.1) is 0 Å². The summed E-state index contributed by atoms with van der Waals surface area (Å²) in [5.41, 5.74) is 1.68. The second kappa shape index (κ2) is 6.07. The SMILES string of the molecule is CCN(CC)C(=O)C(C)Oc1cccc2c1CCC2=O. The summed E-state index contributed by atoms with van der Waals surface area (Å²) in [4.78, 5) is 25.7. The number of ketones is 1. The van der Waals surface area contributed by atoms with Gasteiger partial charge >= 0.3 is 0 Å². The van der Waals surface area contributed by atoms with Crippen LogP contribution in [0, 0.1) is 0 Å². The molecule has 1 aromatic carbocycles. The van der Waals surface area contributed by atoms with Crippen molar-refractivity contribution in [3.8, 4) is 5.75 Å². The summed E-state index contributed by atoms with van der Waals surface area (Å²) < 4.78 is 5.81. The first kappa shape index (κ1) is 14.6. The Morgan fingerprint density at radius 3 is 2.65 bits per heavy atom. The van der Waals surface area contributed by atoms with Crippen molar-refractivity contribution in [1.82, 2.24) is 4.90 Å². The molecule has 0 radical (unpaired) electrons. The lowest BCUT2D eigenvalue weighted by atomic mass is 10.1. The molecular formula is C16H21NO3. The zero-order valence-corrected chi connectivity index (χ0v) is 12.3. The number of carbonyl (C=O) groups is 2. The molecule has 0 spiro atoms. The van der Waals surface area contributed by atoms with Crippen LogP contribution in [0.15, 0.2) is 18.2 Å². The maximum atomic E-state index is 12.2. The van der Waals surface area contributed by atoms with E-state index in [1.807, 2.05) is 32.0 Å². The summed E-state index contributed by atoms with van der Waals surface area (Å²) in [6, 6.07) is 5.48. The minimum Gasteiger partial charge on any atom is -0.481 e. The topological polar surface area (TPSA) is 46.6 Å². The third-order valence-corrected chi connectivity index (χ3v) is 3.76. The molecule has 1 aliphatic carbocycles. The van der Waals surface area contributed by atoms with Crippen LogP contribution in [0.25, 0.3) is 0 Å². The summed E-state index contributed by atoms with van der Waals surface area (Å²) >= 11 is 0. The molecule has 1 atom stereocenters. The number of benzene rings is 1. The van der Waals surface area contributed by atoms with Crippen molar-refractivity contribution in [2.75, 3.05) is 13.1 Å². The molecule has 1 aliphatic rings. The number of nitrogens with zero attached hydrogens (tertiary/aromatic N) is 1. The van der Waals surface area contributed by atoms with Gasteiger partial charge < -0.3 is 9.64 Å². The maximum Gasteiger partial charge on any atom is 0.263 e. The van der Waals surface area contributed by atoms with Crippen LogP contribution >= 0.6 is 0 Å². The van der Waals surface area contributed by atoms with E-state index in [2.05, 4.69) is 0 Å². The molecule has 4 nitrogen and oxygen atoms in total. The molecule has 4 heteroatoms. The van der Waals surface area contributed by atoms with Gasteiger partial charge in [0.25, 0.3) is 5.91 Å². The van der Waals surface area contributed by atoms with Gasteiger partial charge in [-0.15, -0.1) is 0 Å². The van der Waals surface area contributed by atoms with Crippen LogP contribution in [-0.2, 0) is 11.2 Å². The lowest BCUT2D eigenvalue weighted by molar-refractivity contribution is -0.137. The molecule has 1 amide bonds. The van der Waals surface area contributed by atoms with E-state index in [-0.39, 0.29) is 11.7 Å². The van der Waals surface area contributed by atoms with Crippen LogP contribution in [-0.4, -0.2) is 35.8 Å². The second-order valence-corrected chi connectivity index (χ2v) is 4.98. The average molecular weight is 275 g/mol. The number of hydrogen-bond acceptors (Lipinski definition) is 3. The first-order valence-electron chi connectivity index (χ1n) is 7.19. The normalized spacial score (nSPS) is 14.8. The highest BCUT2D eigenvalue weighted by Gasteiger charge is 2.25. The zero-order valence-electron chi connectivity index (χ0n) is 12.3. The molecule has 0 fully saturated rings. The highest BCUT2D eigenvalue weighted by molar-refractivity contribution is 6.01. The van der Waals surface area contributed by atoms with Crippen molar-refractivity contribution >= 4 is 11.7 Å². The number of amides is 1. The monoisotopic (exact) mass is 275 g/mol. The van der Waals surface area contributed by atoms with Crippen molar-refractivity contribution in [1.29, 1.82) is 0 Å². The Hall–Kier alpha value is -1.84. The van der Waals surface area contributed by atoms with Crippen LogP contribution in [0.4, 0.5) is 0 Å². The summed E-state index contributed by atoms with van der Waals surface area (Å²) in [5.74, 6) is 0.812. The van der Waals surface area contributed by atoms with Gasteiger partial charge in [-0.05, 0) is 33.3 Å². The van der Waals surface area contributed by atoms with E-state index in [9.17, 15) is 9.59 Å². The number of Topliss-reactive ketones (excluding diaryl/α,β-unsaturated/α-hetero) is 1. The summed E-state index contributed by atoms with van der Waals surface area (Å²) in [6.45, 7) is 7.01. The molecule has 1 unspecified atom stereocenters. The van der Waals surface area contributed by atoms with Crippen molar-refractivity contribution in [3.05, 3.63) is 29.3 Å². The van der Waals surface area contributed by atoms with Crippen molar-refractivity contribution in [3.63, 3.8) is 0 Å². The second-order valence-electron chi connectivity index (χ2n) is 4.98. The molecule has 0 saturated carbocycles. The summed E-state index contributed by atoms with van der Waals surface area (Å²) in [7, 11) is 0. The Balaban J connectivity index is 2.15. The number of ether oxygens (including phenoxy) is 1. The fraction of sp³-hybridized carbons (Fsp3) is 0.500. The van der Waals surface area contributed by atoms with E-state index in [1.165, 1.54) is 0 Å². The number of carbonyl (C=O) groups excluding carboxylic acids is 2. The third kappa shape index (κ3) is 2.69. The predicted octanol–water partition coefficient (Wildman–Crippen LogP) is 2.45.